The number of hydrogen-bond donors (Lipinski definition) is 0. The number of rotatable bonds is 8. The van der Waals surface area contributed by atoms with Crippen molar-refractivity contribution in [1.82, 2.24) is 0 Å². The Labute approximate surface area is 204 Å². The fourth-order valence-electron chi connectivity index (χ4n) is 3.65. The minimum absolute atomic E-state index is 0.0999. The molecule has 0 unspecified atom stereocenters. The van der Waals surface area contributed by atoms with Crippen LogP contribution in [0.5, 0.6) is 17.2 Å². The first-order chi connectivity index (χ1) is 16.9. The second kappa shape index (κ2) is 10.5. The van der Waals surface area contributed by atoms with Crippen molar-refractivity contribution in [2.45, 2.75) is 40.7 Å². The molecular weight excluding hydrogens is 444 g/mol. The summed E-state index contributed by atoms with van der Waals surface area (Å²) in [4.78, 5) is 25.1. The van der Waals surface area contributed by atoms with Crippen LogP contribution < -0.4 is 14.9 Å². The van der Waals surface area contributed by atoms with Gasteiger partial charge in [0.05, 0.1) is 17.6 Å². The van der Waals surface area contributed by atoms with Crippen molar-refractivity contribution < 1.29 is 23.4 Å². The molecule has 0 spiro atoms. The summed E-state index contributed by atoms with van der Waals surface area (Å²) < 4.78 is 22.8. The Kier molecular flexibility index (Phi) is 7.20. The summed E-state index contributed by atoms with van der Waals surface area (Å²) in [7, 11) is 0. The lowest BCUT2D eigenvalue weighted by Gasteiger charge is -2.12. The van der Waals surface area contributed by atoms with Gasteiger partial charge in [-0.3, -0.25) is 4.79 Å². The van der Waals surface area contributed by atoms with E-state index in [9.17, 15) is 9.59 Å². The Bertz CT molecular complexity index is 1420. The molecule has 6 heteroatoms. The van der Waals surface area contributed by atoms with Gasteiger partial charge in [0.25, 0.3) is 0 Å². The minimum atomic E-state index is -0.393. The molecule has 0 bridgehead atoms. The molecule has 0 radical (unpaired) electrons. The zero-order valence-electron chi connectivity index (χ0n) is 20.3. The van der Waals surface area contributed by atoms with Crippen molar-refractivity contribution in [3.63, 3.8) is 0 Å². The van der Waals surface area contributed by atoms with E-state index in [0.717, 1.165) is 17.5 Å². The number of carbonyl (C=O) groups excluding carboxylic acids is 1. The fourth-order valence-corrected chi connectivity index (χ4v) is 3.65. The van der Waals surface area contributed by atoms with E-state index in [0.29, 0.717) is 47.0 Å². The van der Waals surface area contributed by atoms with Gasteiger partial charge in [-0.15, -0.1) is 0 Å². The molecule has 3 aromatic carbocycles. The number of esters is 1. The molecule has 1 heterocycles. The highest BCUT2D eigenvalue weighted by Crippen LogP contribution is 2.28. The summed E-state index contributed by atoms with van der Waals surface area (Å²) in [6.07, 6.45) is 0.754. The topological polar surface area (TPSA) is 75.0 Å². The SMILES string of the molecule is CCCOC(=O)c1ccc(Oc2c(C)oc3cc(OCc4cc(C)ccc4C)ccc3c2=O)cc1. The lowest BCUT2D eigenvalue weighted by Crippen LogP contribution is -2.08. The molecule has 4 rings (SSSR count). The molecule has 0 aliphatic heterocycles. The first kappa shape index (κ1) is 24.1. The van der Waals surface area contributed by atoms with Gasteiger partial charge in [0.2, 0.25) is 11.2 Å². The Morgan fingerprint density at radius 2 is 1.66 bits per heavy atom. The summed E-state index contributed by atoms with van der Waals surface area (Å²) in [6, 6.07) is 17.8. The Morgan fingerprint density at radius 1 is 0.914 bits per heavy atom. The van der Waals surface area contributed by atoms with Crippen LogP contribution in [0.3, 0.4) is 0 Å². The number of carbonyl (C=O) groups is 1. The van der Waals surface area contributed by atoms with Crippen molar-refractivity contribution >= 4 is 16.9 Å². The van der Waals surface area contributed by atoms with Crippen molar-refractivity contribution in [2.75, 3.05) is 6.61 Å². The average Bonchev–Trinajstić information content (AvgIpc) is 2.85. The standard InChI is InChI=1S/C29H28O6/c1-5-14-32-29(31)21-8-10-23(11-9-21)35-28-20(4)34-26-16-24(12-13-25(26)27(28)30)33-17-22-15-18(2)6-7-19(22)3/h6-13,15-16H,5,14,17H2,1-4H3. The van der Waals surface area contributed by atoms with Crippen molar-refractivity contribution in [1.29, 1.82) is 0 Å². The van der Waals surface area contributed by atoms with Crippen LogP contribution in [0.15, 0.2) is 69.9 Å². The molecule has 0 N–H and O–H groups in total. The minimum Gasteiger partial charge on any atom is -0.489 e. The average molecular weight is 473 g/mol. The molecule has 4 aromatic rings. The summed E-state index contributed by atoms with van der Waals surface area (Å²) in [5, 5.41) is 0.393. The first-order valence-electron chi connectivity index (χ1n) is 11.6. The predicted molar refractivity (Wildman–Crippen MR) is 135 cm³/mol. The van der Waals surface area contributed by atoms with Gasteiger partial charge in [-0.2, -0.15) is 0 Å². The van der Waals surface area contributed by atoms with Gasteiger partial charge < -0.3 is 18.6 Å². The number of ether oxygens (including phenoxy) is 3. The zero-order chi connectivity index (χ0) is 24.9. The second-order valence-corrected chi connectivity index (χ2v) is 8.46. The molecule has 6 nitrogen and oxygen atoms in total. The van der Waals surface area contributed by atoms with Crippen LogP contribution in [0.2, 0.25) is 0 Å². The third kappa shape index (κ3) is 5.54. The van der Waals surface area contributed by atoms with Gasteiger partial charge in [-0.25, -0.2) is 4.79 Å². The normalized spacial score (nSPS) is 10.9. The van der Waals surface area contributed by atoms with E-state index in [1.165, 1.54) is 5.56 Å². The van der Waals surface area contributed by atoms with Crippen molar-refractivity contribution in [3.05, 3.63) is 98.9 Å². The van der Waals surface area contributed by atoms with Gasteiger partial charge in [0.1, 0.15) is 29.4 Å². The van der Waals surface area contributed by atoms with E-state index in [4.69, 9.17) is 18.6 Å². The van der Waals surface area contributed by atoms with Crippen LogP contribution >= 0.6 is 0 Å². The van der Waals surface area contributed by atoms with Crippen molar-refractivity contribution in [3.8, 4) is 17.2 Å². The maximum absolute atomic E-state index is 13.1. The van der Waals surface area contributed by atoms with Crippen LogP contribution in [-0.2, 0) is 11.3 Å². The number of fused-ring (bicyclic) bond motifs is 1. The number of hydrogen-bond acceptors (Lipinski definition) is 6. The van der Waals surface area contributed by atoms with Crippen LogP contribution in [0.25, 0.3) is 11.0 Å². The van der Waals surface area contributed by atoms with Crippen LogP contribution in [-0.4, -0.2) is 12.6 Å². The molecular formula is C29H28O6. The summed E-state index contributed by atoms with van der Waals surface area (Å²) in [5.74, 6) is 1.08. The second-order valence-electron chi connectivity index (χ2n) is 8.46. The van der Waals surface area contributed by atoms with Crippen LogP contribution in [0.1, 0.15) is 46.2 Å². The Morgan fingerprint density at radius 3 is 2.40 bits per heavy atom. The van der Waals surface area contributed by atoms with E-state index in [2.05, 4.69) is 18.2 Å². The third-order valence-corrected chi connectivity index (χ3v) is 5.63. The van der Waals surface area contributed by atoms with Gasteiger partial charge >= 0.3 is 5.97 Å². The molecule has 0 saturated heterocycles. The number of aryl methyl sites for hydroxylation is 3. The Hall–Kier alpha value is -4.06. The number of benzene rings is 3. The third-order valence-electron chi connectivity index (χ3n) is 5.63. The lowest BCUT2D eigenvalue weighted by molar-refractivity contribution is 0.0505. The van der Waals surface area contributed by atoms with Gasteiger partial charge in [0, 0.05) is 6.07 Å². The van der Waals surface area contributed by atoms with Gasteiger partial charge in [-0.05, 0) is 74.7 Å². The zero-order valence-corrected chi connectivity index (χ0v) is 20.3. The first-order valence-corrected chi connectivity index (χ1v) is 11.6. The molecule has 0 aliphatic carbocycles. The van der Waals surface area contributed by atoms with Crippen LogP contribution in [0, 0.1) is 20.8 Å². The summed E-state index contributed by atoms with van der Waals surface area (Å²) >= 11 is 0. The van der Waals surface area contributed by atoms with E-state index < -0.39 is 5.97 Å². The summed E-state index contributed by atoms with van der Waals surface area (Å²) in [6.45, 7) is 8.50. The molecule has 0 saturated carbocycles. The molecule has 180 valence electrons. The van der Waals surface area contributed by atoms with Gasteiger partial charge in [-0.1, -0.05) is 30.7 Å². The van der Waals surface area contributed by atoms with E-state index in [-0.39, 0.29) is 11.2 Å². The van der Waals surface area contributed by atoms with E-state index in [1.807, 2.05) is 20.8 Å². The molecule has 0 atom stereocenters. The molecule has 0 aliphatic rings. The highest BCUT2D eigenvalue weighted by atomic mass is 16.5. The van der Waals surface area contributed by atoms with E-state index in [1.54, 1.807) is 49.4 Å². The van der Waals surface area contributed by atoms with Gasteiger partial charge in [0.15, 0.2) is 0 Å². The monoisotopic (exact) mass is 472 g/mol. The molecule has 35 heavy (non-hydrogen) atoms. The predicted octanol–water partition coefficient (Wildman–Crippen LogP) is 6.66. The van der Waals surface area contributed by atoms with Crippen LogP contribution in [0.4, 0.5) is 0 Å². The largest absolute Gasteiger partial charge is 0.489 e. The smallest absolute Gasteiger partial charge is 0.338 e. The molecule has 1 aromatic heterocycles. The maximum atomic E-state index is 13.1. The Balaban J connectivity index is 1.53. The van der Waals surface area contributed by atoms with E-state index >= 15 is 0 Å². The maximum Gasteiger partial charge on any atom is 0.338 e. The summed E-state index contributed by atoms with van der Waals surface area (Å²) in [5.41, 5.74) is 4.00. The lowest BCUT2D eigenvalue weighted by atomic mass is 10.1. The molecule has 0 amide bonds. The molecule has 0 fully saturated rings. The van der Waals surface area contributed by atoms with Crippen molar-refractivity contribution in [2.24, 2.45) is 0 Å². The highest BCUT2D eigenvalue weighted by molar-refractivity contribution is 5.89. The quantitative estimate of drug-likeness (QED) is 0.267. The fraction of sp³-hybridized carbons (Fsp3) is 0.241. The highest BCUT2D eigenvalue weighted by Gasteiger charge is 2.15.